The van der Waals surface area contributed by atoms with E-state index >= 15 is 0 Å². The van der Waals surface area contributed by atoms with Crippen molar-refractivity contribution in [1.29, 1.82) is 0 Å². The Balaban J connectivity index is 1.24. The summed E-state index contributed by atoms with van der Waals surface area (Å²) in [6, 6.07) is 47.2. The Bertz CT molecular complexity index is 2570. The molecule has 0 saturated heterocycles. The van der Waals surface area contributed by atoms with Gasteiger partial charge in [0.25, 0.3) is 0 Å². The van der Waals surface area contributed by atoms with E-state index in [1.165, 1.54) is 27.6 Å². The number of para-hydroxylation sites is 4. The average Bonchev–Trinajstić information content (AvgIpc) is 3.74. The summed E-state index contributed by atoms with van der Waals surface area (Å²) in [7, 11) is 0. The molecule has 8 aromatic rings. The van der Waals surface area contributed by atoms with Crippen molar-refractivity contribution in [1.82, 2.24) is 4.57 Å². The van der Waals surface area contributed by atoms with Gasteiger partial charge in [-0.2, -0.15) is 0 Å². The van der Waals surface area contributed by atoms with Gasteiger partial charge < -0.3 is 19.6 Å². The monoisotopic (exact) mass is 605 g/mol. The van der Waals surface area contributed by atoms with Gasteiger partial charge in [0.1, 0.15) is 11.2 Å². The summed E-state index contributed by atoms with van der Waals surface area (Å²) in [6.45, 7) is 2.35. The van der Waals surface area contributed by atoms with Gasteiger partial charge in [0.05, 0.1) is 22.3 Å². The van der Waals surface area contributed by atoms with Crippen molar-refractivity contribution in [2.24, 2.45) is 0 Å². The van der Waals surface area contributed by atoms with Crippen LogP contribution >= 0.6 is 0 Å². The number of furan rings is 1. The summed E-state index contributed by atoms with van der Waals surface area (Å²) in [5, 5.41) is 4.76. The Kier molecular flexibility index (Phi) is 5.31. The molecule has 1 aliphatic carbocycles. The van der Waals surface area contributed by atoms with Crippen LogP contribution in [0, 0.1) is 0 Å². The number of anilines is 3. The van der Waals surface area contributed by atoms with Gasteiger partial charge in [-0.15, -0.1) is 0 Å². The number of hydrogen-bond donors (Lipinski definition) is 1. The molecule has 0 spiro atoms. The maximum atomic E-state index is 6.71. The summed E-state index contributed by atoms with van der Waals surface area (Å²) in [5.74, 6) is 0.0329. The van der Waals surface area contributed by atoms with Gasteiger partial charge in [0.2, 0.25) is 0 Å². The van der Waals surface area contributed by atoms with Gasteiger partial charge in [0.15, 0.2) is 0 Å². The number of hydrogen-bond acceptors (Lipinski definition) is 3. The van der Waals surface area contributed by atoms with Crippen LogP contribution in [0.3, 0.4) is 0 Å². The minimum atomic E-state index is -0.346. The zero-order valence-electron chi connectivity index (χ0n) is 25.9. The predicted octanol–water partition coefficient (Wildman–Crippen LogP) is 10.9. The molecule has 224 valence electrons. The van der Waals surface area contributed by atoms with Crippen LogP contribution in [0.2, 0.25) is 0 Å². The van der Waals surface area contributed by atoms with Crippen LogP contribution in [0.25, 0.3) is 55.0 Å². The van der Waals surface area contributed by atoms with Crippen LogP contribution < -0.4 is 10.6 Å². The molecule has 3 heterocycles. The lowest BCUT2D eigenvalue weighted by Gasteiger charge is -2.40. The van der Waals surface area contributed by atoms with Crippen molar-refractivity contribution in [2.45, 2.75) is 18.4 Å². The molecule has 2 atom stereocenters. The lowest BCUT2D eigenvalue weighted by Crippen LogP contribution is -2.42. The Hall–Kier alpha value is -6.00. The average molecular weight is 606 g/mol. The van der Waals surface area contributed by atoms with Crippen LogP contribution in [0.1, 0.15) is 24.0 Å². The molecule has 4 heteroatoms. The second kappa shape index (κ2) is 9.51. The second-order valence-corrected chi connectivity index (χ2v) is 12.9. The number of nitrogen functional groups attached to an aromatic ring is 1. The number of nitrogens with two attached hydrogens (primary N) is 1. The van der Waals surface area contributed by atoms with Crippen LogP contribution in [0.5, 0.6) is 0 Å². The van der Waals surface area contributed by atoms with Gasteiger partial charge in [-0.3, -0.25) is 0 Å². The first-order chi connectivity index (χ1) is 23.1. The summed E-state index contributed by atoms with van der Waals surface area (Å²) in [4.78, 5) is 2.49. The lowest BCUT2D eigenvalue weighted by molar-refractivity contribution is 0.540. The van der Waals surface area contributed by atoms with Crippen molar-refractivity contribution in [3.63, 3.8) is 0 Å². The van der Waals surface area contributed by atoms with Crippen LogP contribution in [-0.2, 0) is 0 Å². The number of allylic oxidation sites excluding steroid dienone is 2. The van der Waals surface area contributed by atoms with Gasteiger partial charge in [-0.25, -0.2) is 0 Å². The third-order valence-corrected chi connectivity index (χ3v) is 10.3. The van der Waals surface area contributed by atoms with Crippen molar-refractivity contribution in [3.8, 4) is 5.69 Å². The third-order valence-electron chi connectivity index (χ3n) is 10.3. The normalized spacial score (nSPS) is 18.7. The highest BCUT2D eigenvalue weighted by molar-refractivity contribution is 6.10. The number of benzene rings is 6. The maximum Gasteiger partial charge on any atom is 0.141 e. The summed E-state index contributed by atoms with van der Waals surface area (Å²) in [6.07, 6.45) is 7.15. The van der Waals surface area contributed by atoms with E-state index < -0.39 is 0 Å². The second-order valence-electron chi connectivity index (χ2n) is 12.9. The summed E-state index contributed by atoms with van der Waals surface area (Å²) < 4.78 is 9.08. The van der Waals surface area contributed by atoms with E-state index in [9.17, 15) is 0 Å². The fourth-order valence-corrected chi connectivity index (χ4v) is 8.24. The third kappa shape index (κ3) is 3.58. The fraction of sp³-hybridized carbons (Fsp3) is 0.0698. The zero-order chi connectivity index (χ0) is 31.3. The van der Waals surface area contributed by atoms with Gasteiger partial charge >= 0.3 is 0 Å². The van der Waals surface area contributed by atoms with Crippen LogP contribution in [0.4, 0.5) is 17.1 Å². The Morgan fingerprint density at radius 1 is 0.660 bits per heavy atom. The molecule has 2 aromatic heterocycles. The SMILES string of the molecule is C[C@@]12C=CC(c3ccc(N)cc3-n3c4ccccc4c4ccccc43)=CC1c1c(ccc3c1oc1ccccc13)N2c1ccccc1. The molecule has 6 aromatic carbocycles. The highest BCUT2D eigenvalue weighted by Crippen LogP contribution is 2.58. The minimum Gasteiger partial charge on any atom is -0.456 e. The molecule has 0 bridgehead atoms. The Morgan fingerprint density at radius 2 is 1.34 bits per heavy atom. The standard InChI is InChI=1S/C43H31N3O/c1-43-24-23-27(30-20-19-28(44)26-39(30)45-36-16-8-5-13-31(36)32-14-6-9-17-37(32)45)25-35(43)41-38(46(43)29-11-3-2-4-12-29)22-21-34-33-15-7-10-18-40(33)47-42(34)41/h2-26,35H,44H2,1H3/t35?,43-/m1/s1. The largest absolute Gasteiger partial charge is 0.456 e. The van der Waals surface area contributed by atoms with E-state index in [-0.39, 0.29) is 11.5 Å². The highest BCUT2D eigenvalue weighted by atomic mass is 16.3. The molecule has 2 N–H and O–H groups in total. The van der Waals surface area contributed by atoms with E-state index in [2.05, 4.69) is 156 Å². The van der Waals surface area contributed by atoms with Gasteiger partial charge in [-0.1, -0.05) is 97.1 Å². The molecule has 0 saturated carbocycles. The van der Waals surface area contributed by atoms with Crippen molar-refractivity contribution in [3.05, 3.63) is 163 Å². The fourth-order valence-electron chi connectivity index (χ4n) is 8.24. The smallest absolute Gasteiger partial charge is 0.141 e. The summed E-state index contributed by atoms with van der Waals surface area (Å²) >= 11 is 0. The van der Waals surface area contributed by atoms with E-state index in [1.54, 1.807) is 0 Å². The summed E-state index contributed by atoms with van der Waals surface area (Å²) in [5.41, 5.74) is 18.1. The highest BCUT2D eigenvalue weighted by Gasteiger charge is 2.49. The molecule has 1 unspecified atom stereocenters. The molecule has 47 heavy (non-hydrogen) atoms. The van der Waals surface area contributed by atoms with E-state index in [4.69, 9.17) is 10.2 Å². The Labute approximate surface area is 272 Å². The first-order valence-electron chi connectivity index (χ1n) is 16.2. The molecule has 0 fully saturated rings. The molecule has 0 amide bonds. The Morgan fingerprint density at radius 3 is 2.11 bits per heavy atom. The van der Waals surface area contributed by atoms with E-state index in [0.717, 1.165) is 55.6 Å². The molecule has 2 aliphatic rings. The van der Waals surface area contributed by atoms with Gasteiger partial charge in [-0.05, 0) is 67.1 Å². The first-order valence-corrected chi connectivity index (χ1v) is 16.2. The minimum absolute atomic E-state index is 0.0329. The molecule has 1 aliphatic heterocycles. The molecule has 4 nitrogen and oxygen atoms in total. The van der Waals surface area contributed by atoms with Crippen molar-refractivity contribution >= 4 is 66.4 Å². The topological polar surface area (TPSA) is 47.3 Å². The van der Waals surface area contributed by atoms with E-state index in [0.29, 0.717) is 0 Å². The van der Waals surface area contributed by atoms with Crippen LogP contribution in [-0.4, -0.2) is 10.1 Å². The quantitative estimate of drug-likeness (QED) is 0.204. The van der Waals surface area contributed by atoms with Crippen molar-refractivity contribution < 1.29 is 4.42 Å². The molecule has 0 radical (unpaired) electrons. The maximum absolute atomic E-state index is 6.71. The zero-order valence-corrected chi connectivity index (χ0v) is 25.9. The lowest BCUT2D eigenvalue weighted by atomic mass is 9.77. The molecular formula is C43H31N3O. The van der Waals surface area contributed by atoms with Crippen molar-refractivity contribution in [2.75, 3.05) is 10.6 Å². The molecule has 10 rings (SSSR count). The first kappa shape index (κ1) is 26.2. The molecular weight excluding hydrogens is 574 g/mol. The number of rotatable bonds is 3. The number of aromatic nitrogens is 1. The van der Waals surface area contributed by atoms with Gasteiger partial charge in [0, 0.05) is 55.7 Å². The number of nitrogens with zero attached hydrogens (tertiary/aromatic N) is 2. The predicted molar refractivity (Wildman–Crippen MR) is 196 cm³/mol. The van der Waals surface area contributed by atoms with E-state index in [1.807, 2.05) is 12.1 Å². The van der Waals surface area contributed by atoms with Crippen LogP contribution in [0.15, 0.2) is 156 Å². The number of fused-ring (bicyclic) bond motifs is 10.